The normalized spacial score (nSPS) is 16.4. The van der Waals surface area contributed by atoms with E-state index in [2.05, 4.69) is 16.4 Å². The highest BCUT2D eigenvalue weighted by molar-refractivity contribution is 6.42. The molecule has 3 atom stereocenters. The van der Waals surface area contributed by atoms with Gasteiger partial charge in [-0.25, -0.2) is 9.78 Å². The highest BCUT2D eigenvalue weighted by Crippen LogP contribution is 2.41. The van der Waals surface area contributed by atoms with Gasteiger partial charge in [0.2, 0.25) is 5.91 Å². The molecule has 5 aromatic carbocycles. The molecule has 3 heterocycles. The second kappa shape index (κ2) is 17.3. The first-order valence-corrected chi connectivity index (χ1v) is 19.8. The third kappa shape index (κ3) is 9.06. The Labute approximate surface area is 351 Å². The maximum Gasteiger partial charge on any atom is 0.326 e. The third-order valence-corrected chi connectivity index (χ3v) is 11.5. The van der Waals surface area contributed by atoms with E-state index in [4.69, 9.17) is 42.7 Å². The predicted molar refractivity (Wildman–Crippen MR) is 222 cm³/mol. The standard InChI is InChI=1S/C46H39Cl2N5O6/c1-52-17-16-50-44(52)25-53-24-35-22-42-41(58-27-43(59-42)33-11-13-36(14-12-33)57-26-30-6-15-37(47)38(48)18-30)21-34(35)20-40(53)45(54)51-39(46(55)56)19-28-2-7-31(8-3-28)32-9-4-29(23-49)5-10-32/h2-18,21-22,39-40,43H,19-20,24-27H2,1H3,(H,51,54)(H,55,56)/t39-,40?,43+/m0/s1. The minimum Gasteiger partial charge on any atom is -0.489 e. The van der Waals surface area contributed by atoms with Gasteiger partial charge in [-0.05, 0) is 93.9 Å². The van der Waals surface area contributed by atoms with Crippen molar-refractivity contribution in [2.24, 2.45) is 7.05 Å². The fourth-order valence-corrected chi connectivity index (χ4v) is 7.69. The molecule has 1 unspecified atom stereocenters. The summed E-state index contributed by atoms with van der Waals surface area (Å²) in [6.45, 7) is 1.40. The lowest BCUT2D eigenvalue weighted by atomic mass is 9.92. The van der Waals surface area contributed by atoms with Gasteiger partial charge in [0.05, 0.1) is 34.3 Å². The highest BCUT2D eigenvalue weighted by atomic mass is 35.5. The molecule has 0 saturated carbocycles. The van der Waals surface area contributed by atoms with E-state index in [1.807, 2.05) is 102 Å². The van der Waals surface area contributed by atoms with Crippen molar-refractivity contribution in [3.63, 3.8) is 0 Å². The molecule has 13 heteroatoms. The SMILES string of the molecule is Cn1ccnc1CN1Cc2cc3c(cc2CC1C(=O)N[C@@H](Cc1ccc(-c2ccc(C#N)cc2)cc1)C(=O)O)OC[C@H](c1ccc(OCc2ccc(Cl)c(Cl)c2)cc1)O3. The van der Waals surface area contributed by atoms with E-state index in [1.54, 1.807) is 30.5 Å². The van der Waals surface area contributed by atoms with E-state index in [-0.39, 0.29) is 18.4 Å². The van der Waals surface area contributed by atoms with Crippen LogP contribution in [0.25, 0.3) is 11.1 Å². The van der Waals surface area contributed by atoms with Crippen molar-refractivity contribution in [3.8, 4) is 34.4 Å². The van der Waals surface area contributed by atoms with Crippen LogP contribution in [0, 0.1) is 11.3 Å². The summed E-state index contributed by atoms with van der Waals surface area (Å²) >= 11 is 12.2. The Kier molecular flexibility index (Phi) is 11.6. The Balaban J connectivity index is 0.957. The maximum absolute atomic E-state index is 14.1. The van der Waals surface area contributed by atoms with Crippen LogP contribution in [0.1, 0.15) is 45.3 Å². The average molecular weight is 829 g/mol. The number of aryl methyl sites for hydroxylation is 1. The zero-order valence-electron chi connectivity index (χ0n) is 32.0. The number of amides is 1. The summed E-state index contributed by atoms with van der Waals surface area (Å²) in [5.41, 5.74) is 6.96. The van der Waals surface area contributed by atoms with Gasteiger partial charge in [0.15, 0.2) is 17.6 Å². The van der Waals surface area contributed by atoms with E-state index in [9.17, 15) is 14.7 Å². The molecule has 59 heavy (non-hydrogen) atoms. The quantitative estimate of drug-likeness (QED) is 0.125. The molecule has 2 N–H and O–H groups in total. The Bertz CT molecular complexity index is 2540. The second-order valence-electron chi connectivity index (χ2n) is 14.7. The van der Waals surface area contributed by atoms with Gasteiger partial charge in [0.1, 0.15) is 30.8 Å². The van der Waals surface area contributed by atoms with E-state index in [1.165, 1.54) is 0 Å². The maximum atomic E-state index is 14.1. The molecule has 8 rings (SSSR count). The van der Waals surface area contributed by atoms with Crippen molar-refractivity contribution in [1.29, 1.82) is 5.26 Å². The average Bonchev–Trinajstić information content (AvgIpc) is 3.66. The number of carbonyl (C=O) groups excluding carboxylic acids is 1. The summed E-state index contributed by atoms with van der Waals surface area (Å²) in [5, 5.41) is 23.2. The monoisotopic (exact) mass is 827 g/mol. The number of fused-ring (bicyclic) bond motifs is 2. The van der Waals surface area contributed by atoms with Gasteiger partial charge in [-0.2, -0.15) is 5.26 Å². The lowest BCUT2D eigenvalue weighted by Gasteiger charge is -2.37. The Morgan fingerprint density at radius 3 is 2.32 bits per heavy atom. The Morgan fingerprint density at radius 2 is 1.64 bits per heavy atom. The van der Waals surface area contributed by atoms with Crippen LogP contribution >= 0.6 is 23.2 Å². The van der Waals surface area contributed by atoms with Gasteiger partial charge in [-0.15, -0.1) is 0 Å². The Morgan fingerprint density at radius 1 is 0.932 bits per heavy atom. The number of carboxylic acids is 1. The first-order chi connectivity index (χ1) is 28.6. The van der Waals surface area contributed by atoms with E-state index < -0.39 is 18.1 Å². The molecule has 298 valence electrons. The van der Waals surface area contributed by atoms with Gasteiger partial charge in [-0.3, -0.25) is 9.69 Å². The molecular weight excluding hydrogens is 789 g/mol. The van der Waals surface area contributed by atoms with Crippen LogP contribution in [-0.4, -0.2) is 50.1 Å². The number of imidazole rings is 1. The topological polar surface area (TPSA) is 139 Å². The molecule has 0 aliphatic carbocycles. The van der Waals surface area contributed by atoms with Gasteiger partial charge in [0.25, 0.3) is 0 Å². The molecule has 1 aromatic heterocycles. The zero-order chi connectivity index (χ0) is 41.0. The molecule has 0 saturated heterocycles. The fraction of sp³-hybridized carbons (Fsp3) is 0.217. The summed E-state index contributed by atoms with van der Waals surface area (Å²) in [7, 11) is 1.90. The number of hydrogen-bond acceptors (Lipinski definition) is 8. The fourth-order valence-electron chi connectivity index (χ4n) is 7.37. The lowest BCUT2D eigenvalue weighted by molar-refractivity contribution is -0.143. The third-order valence-electron chi connectivity index (χ3n) is 10.7. The van der Waals surface area contributed by atoms with Crippen LogP contribution < -0.4 is 19.5 Å². The number of aromatic nitrogens is 2. The van der Waals surface area contributed by atoms with Crippen LogP contribution in [0.15, 0.2) is 116 Å². The highest BCUT2D eigenvalue weighted by Gasteiger charge is 2.36. The van der Waals surface area contributed by atoms with Crippen LogP contribution in [0.3, 0.4) is 0 Å². The number of carbonyl (C=O) groups is 2. The van der Waals surface area contributed by atoms with Gasteiger partial charge >= 0.3 is 5.97 Å². The number of benzene rings is 5. The molecular formula is C46H39Cl2N5O6. The summed E-state index contributed by atoms with van der Waals surface area (Å²) < 4.78 is 20.6. The number of hydrogen-bond donors (Lipinski definition) is 2. The number of ether oxygens (including phenoxy) is 3. The second-order valence-corrected chi connectivity index (χ2v) is 15.5. The smallest absolute Gasteiger partial charge is 0.326 e. The first-order valence-electron chi connectivity index (χ1n) is 19.0. The number of nitriles is 1. The summed E-state index contributed by atoms with van der Waals surface area (Å²) in [5.74, 6) is 1.15. The molecule has 2 aliphatic rings. The zero-order valence-corrected chi connectivity index (χ0v) is 33.5. The van der Waals surface area contributed by atoms with Crippen molar-refractivity contribution in [1.82, 2.24) is 19.8 Å². The summed E-state index contributed by atoms with van der Waals surface area (Å²) in [6, 6.07) is 32.1. The molecule has 0 fully saturated rings. The minimum atomic E-state index is -1.15. The molecule has 0 bridgehead atoms. The van der Waals surface area contributed by atoms with Crippen molar-refractivity contribution in [2.45, 2.75) is 50.7 Å². The van der Waals surface area contributed by atoms with Crippen LogP contribution in [-0.2, 0) is 49.2 Å². The van der Waals surface area contributed by atoms with Crippen LogP contribution in [0.4, 0.5) is 0 Å². The number of rotatable bonds is 12. The number of aliphatic carboxylic acids is 1. The summed E-state index contributed by atoms with van der Waals surface area (Å²) in [4.78, 5) is 33.2. The molecule has 1 amide bonds. The van der Waals surface area contributed by atoms with Crippen LogP contribution in [0.2, 0.25) is 10.0 Å². The lowest BCUT2D eigenvalue weighted by Crippen LogP contribution is -2.54. The molecule has 2 aliphatic heterocycles. The molecule has 11 nitrogen and oxygen atoms in total. The van der Waals surface area contributed by atoms with Crippen molar-refractivity contribution < 1.29 is 28.9 Å². The largest absolute Gasteiger partial charge is 0.489 e. The van der Waals surface area contributed by atoms with E-state index >= 15 is 0 Å². The number of carboxylic acid groups (broad SMARTS) is 1. The minimum absolute atomic E-state index is 0.103. The van der Waals surface area contributed by atoms with Crippen molar-refractivity contribution >= 4 is 35.1 Å². The number of nitrogens with zero attached hydrogens (tertiary/aromatic N) is 4. The van der Waals surface area contributed by atoms with Crippen LogP contribution in [0.5, 0.6) is 17.2 Å². The van der Waals surface area contributed by atoms with Gasteiger partial charge in [-0.1, -0.05) is 77.8 Å². The molecule has 0 spiro atoms. The number of halogens is 2. The number of nitrogens with one attached hydrogen (secondary N) is 1. The summed E-state index contributed by atoms with van der Waals surface area (Å²) in [6.07, 6.45) is 3.65. The Hall–Kier alpha value is -6.32. The van der Waals surface area contributed by atoms with Crippen molar-refractivity contribution in [3.05, 3.63) is 165 Å². The molecule has 6 aromatic rings. The van der Waals surface area contributed by atoms with Crippen molar-refractivity contribution in [2.75, 3.05) is 6.61 Å². The van der Waals surface area contributed by atoms with Gasteiger partial charge in [0, 0.05) is 32.4 Å². The molecule has 0 radical (unpaired) electrons. The predicted octanol–water partition coefficient (Wildman–Crippen LogP) is 8.10. The van der Waals surface area contributed by atoms with Gasteiger partial charge < -0.3 is 29.2 Å². The van der Waals surface area contributed by atoms with E-state index in [0.717, 1.165) is 44.8 Å². The van der Waals surface area contributed by atoms with E-state index in [0.29, 0.717) is 65.6 Å². The first kappa shape index (κ1) is 39.5.